The molecule has 1 fully saturated rings. The summed E-state index contributed by atoms with van der Waals surface area (Å²) in [6.45, 7) is 5.58. The van der Waals surface area contributed by atoms with Gasteiger partial charge in [0.25, 0.3) is 0 Å². The lowest BCUT2D eigenvalue weighted by atomic mass is 9.95. The van der Waals surface area contributed by atoms with Gasteiger partial charge in [-0.25, -0.2) is 4.98 Å². The standard InChI is InChI=1S/C11H19N3/c1-10-8-14(9-13-10)7-4-11-2-5-12-6-3-11/h8-9,11-12H,2-7H2,1H3. The highest BCUT2D eigenvalue weighted by Gasteiger charge is 2.12. The number of aryl methyl sites for hydroxylation is 2. The molecule has 1 saturated heterocycles. The van der Waals surface area contributed by atoms with Crippen molar-refractivity contribution < 1.29 is 0 Å². The lowest BCUT2D eigenvalue weighted by Crippen LogP contribution is -2.28. The van der Waals surface area contributed by atoms with Crippen LogP contribution in [-0.2, 0) is 6.54 Å². The van der Waals surface area contributed by atoms with Gasteiger partial charge < -0.3 is 9.88 Å². The number of nitrogens with one attached hydrogen (secondary N) is 1. The third-order valence-electron chi connectivity index (χ3n) is 3.02. The molecule has 1 aliphatic rings. The van der Waals surface area contributed by atoms with E-state index < -0.39 is 0 Å². The Kier molecular flexibility index (Phi) is 3.19. The van der Waals surface area contributed by atoms with Crippen LogP contribution in [0.1, 0.15) is 25.0 Å². The van der Waals surface area contributed by atoms with Crippen LogP contribution in [0.25, 0.3) is 0 Å². The average Bonchev–Trinajstić information content (AvgIpc) is 2.63. The van der Waals surface area contributed by atoms with E-state index in [1.165, 1.54) is 32.4 Å². The molecule has 0 bridgehead atoms. The number of imidazole rings is 1. The quantitative estimate of drug-likeness (QED) is 0.790. The summed E-state index contributed by atoms with van der Waals surface area (Å²) in [5.41, 5.74) is 1.12. The van der Waals surface area contributed by atoms with E-state index in [-0.39, 0.29) is 0 Å². The van der Waals surface area contributed by atoms with E-state index >= 15 is 0 Å². The maximum absolute atomic E-state index is 4.23. The molecule has 0 amide bonds. The predicted octanol–water partition coefficient (Wildman–Crippen LogP) is 1.58. The molecule has 1 aliphatic heterocycles. The molecule has 3 heteroatoms. The van der Waals surface area contributed by atoms with Gasteiger partial charge >= 0.3 is 0 Å². The van der Waals surface area contributed by atoms with Gasteiger partial charge in [-0.15, -0.1) is 0 Å². The van der Waals surface area contributed by atoms with Crippen LogP contribution < -0.4 is 5.32 Å². The van der Waals surface area contributed by atoms with Gasteiger partial charge in [0.05, 0.1) is 12.0 Å². The summed E-state index contributed by atoms with van der Waals surface area (Å²) in [5, 5.41) is 3.40. The highest BCUT2D eigenvalue weighted by atomic mass is 15.0. The zero-order valence-electron chi connectivity index (χ0n) is 8.87. The number of rotatable bonds is 3. The molecule has 14 heavy (non-hydrogen) atoms. The summed E-state index contributed by atoms with van der Waals surface area (Å²) in [6, 6.07) is 0. The smallest absolute Gasteiger partial charge is 0.0949 e. The number of nitrogens with zero attached hydrogens (tertiary/aromatic N) is 2. The summed E-state index contributed by atoms with van der Waals surface area (Å²) in [6.07, 6.45) is 8.05. The van der Waals surface area contributed by atoms with E-state index in [9.17, 15) is 0 Å². The summed E-state index contributed by atoms with van der Waals surface area (Å²) in [7, 11) is 0. The molecule has 1 aromatic rings. The number of piperidine rings is 1. The average molecular weight is 193 g/mol. The molecule has 0 saturated carbocycles. The highest BCUT2D eigenvalue weighted by molar-refractivity contribution is 4.92. The van der Waals surface area contributed by atoms with E-state index in [0.29, 0.717) is 0 Å². The molecule has 0 aliphatic carbocycles. The fourth-order valence-electron chi connectivity index (χ4n) is 2.10. The van der Waals surface area contributed by atoms with Crippen LogP contribution in [0.4, 0.5) is 0 Å². The van der Waals surface area contributed by atoms with Crippen molar-refractivity contribution in [2.24, 2.45) is 5.92 Å². The first-order valence-electron chi connectivity index (χ1n) is 5.53. The van der Waals surface area contributed by atoms with Crippen molar-refractivity contribution in [3.8, 4) is 0 Å². The van der Waals surface area contributed by atoms with Gasteiger partial charge in [-0.3, -0.25) is 0 Å². The van der Waals surface area contributed by atoms with Crippen LogP contribution in [-0.4, -0.2) is 22.6 Å². The van der Waals surface area contributed by atoms with Gasteiger partial charge in [0, 0.05) is 12.7 Å². The third-order valence-corrected chi connectivity index (χ3v) is 3.02. The molecule has 0 spiro atoms. The van der Waals surface area contributed by atoms with Gasteiger partial charge in [0.1, 0.15) is 0 Å². The molecule has 78 valence electrons. The van der Waals surface area contributed by atoms with Gasteiger partial charge in [0.15, 0.2) is 0 Å². The van der Waals surface area contributed by atoms with Crippen molar-refractivity contribution >= 4 is 0 Å². The molecule has 2 rings (SSSR count). The van der Waals surface area contributed by atoms with Crippen LogP contribution >= 0.6 is 0 Å². The minimum absolute atomic E-state index is 0.916. The SMILES string of the molecule is Cc1cn(CCC2CCNCC2)cn1. The zero-order valence-corrected chi connectivity index (χ0v) is 8.87. The summed E-state index contributed by atoms with van der Waals surface area (Å²) in [5.74, 6) is 0.916. The summed E-state index contributed by atoms with van der Waals surface area (Å²) < 4.78 is 2.21. The predicted molar refractivity (Wildman–Crippen MR) is 57.2 cm³/mol. The molecule has 0 aromatic carbocycles. The fourth-order valence-corrected chi connectivity index (χ4v) is 2.10. The maximum Gasteiger partial charge on any atom is 0.0949 e. The number of aromatic nitrogens is 2. The lowest BCUT2D eigenvalue weighted by molar-refractivity contribution is 0.338. The van der Waals surface area contributed by atoms with Crippen molar-refractivity contribution in [1.82, 2.24) is 14.9 Å². The van der Waals surface area contributed by atoms with Crippen LogP contribution in [0.15, 0.2) is 12.5 Å². The molecule has 0 atom stereocenters. The molecule has 1 N–H and O–H groups in total. The fraction of sp³-hybridized carbons (Fsp3) is 0.727. The minimum atomic E-state index is 0.916. The lowest BCUT2D eigenvalue weighted by Gasteiger charge is -2.22. The summed E-state index contributed by atoms with van der Waals surface area (Å²) >= 11 is 0. The Hall–Kier alpha value is -0.830. The normalized spacial score (nSPS) is 18.6. The maximum atomic E-state index is 4.23. The van der Waals surface area contributed by atoms with Gasteiger partial charge in [-0.1, -0.05) is 0 Å². The van der Waals surface area contributed by atoms with E-state index in [4.69, 9.17) is 0 Å². The minimum Gasteiger partial charge on any atom is -0.337 e. The Morgan fingerprint density at radius 1 is 1.50 bits per heavy atom. The number of hydrogen-bond donors (Lipinski definition) is 1. The second kappa shape index (κ2) is 4.60. The van der Waals surface area contributed by atoms with Gasteiger partial charge in [-0.05, 0) is 45.2 Å². The van der Waals surface area contributed by atoms with Crippen LogP contribution in [0.3, 0.4) is 0 Å². The molecule has 0 unspecified atom stereocenters. The topological polar surface area (TPSA) is 29.9 Å². The molecular formula is C11H19N3. The zero-order chi connectivity index (χ0) is 9.80. The molecule has 1 aromatic heterocycles. The van der Waals surface area contributed by atoms with Crippen LogP contribution in [0.5, 0.6) is 0 Å². The van der Waals surface area contributed by atoms with E-state index in [1.807, 2.05) is 13.3 Å². The summed E-state index contributed by atoms with van der Waals surface area (Å²) in [4.78, 5) is 4.23. The largest absolute Gasteiger partial charge is 0.337 e. The Labute approximate surface area is 85.5 Å². The highest BCUT2D eigenvalue weighted by Crippen LogP contribution is 2.16. The van der Waals surface area contributed by atoms with Crippen LogP contribution in [0, 0.1) is 12.8 Å². The van der Waals surface area contributed by atoms with Crippen LogP contribution in [0.2, 0.25) is 0 Å². The first-order chi connectivity index (χ1) is 6.84. The Balaban J connectivity index is 1.76. The second-order valence-corrected chi connectivity index (χ2v) is 4.23. The second-order valence-electron chi connectivity index (χ2n) is 4.23. The third kappa shape index (κ3) is 2.58. The van der Waals surface area contributed by atoms with Gasteiger partial charge in [-0.2, -0.15) is 0 Å². The van der Waals surface area contributed by atoms with Crippen molar-refractivity contribution in [2.75, 3.05) is 13.1 Å². The van der Waals surface area contributed by atoms with Gasteiger partial charge in [0.2, 0.25) is 0 Å². The van der Waals surface area contributed by atoms with Crippen molar-refractivity contribution in [3.05, 3.63) is 18.2 Å². The first kappa shape index (κ1) is 9.71. The molecule has 3 nitrogen and oxygen atoms in total. The molecule has 2 heterocycles. The first-order valence-corrected chi connectivity index (χ1v) is 5.53. The van der Waals surface area contributed by atoms with Crippen molar-refractivity contribution in [3.63, 3.8) is 0 Å². The van der Waals surface area contributed by atoms with E-state index in [2.05, 4.69) is 21.1 Å². The van der Waals surface area contributed by atoms with E-state index in [0.717, 1.165) is 18.2 Å². The molecular weight excluding hydrogens is 174 g/mol. The van der Waals surface area contributed by atoms with Crippen molar-refractivity contribution in [2.45, 2.75) is 32.7 Å². The molecule has 0 radical (unpaired) electrons. The monoisotopic (exact) mass is 193 g/mol. The van der Waals surface area contributed by atoms with Crippen molar-refractivity contribution in [1.29, 1.82) is 0 Å². The Morgan fingerprint density at radius 3 is 2.93 bits per heavy atom. The Morgan fingerprint density at radius 2 is 2.29 bits per heavy atom. The van der Waals surface area contributed by atoms with E-state index in [1.54, 1.807) is 0 Å². The Bertz CT molecular complexity index is 274. The number of hydrogen-bond acceptors (Lipinski definition) is 2.